The van der Waals surface area contributed by atoms with Crippen LogP contribution in [0.4, 0.5) is 0 Å². The van der Waals surface area contributed by atoms with Crippen LogP contribution in [-0.4, -0.2) is 42.8 Å². The summed E-state index contributed by atoms with van der Waals surface area (Å²) in [6.07, 6.45) is 9.97. The lowest BCUT2D eigenvalue weighted by atomic mass is 9.97. The molecular weight excluding hydrogens is 212 g/mol. The third-order valence-corrected chi connectivity index (χ3v) is 4.27. The maximum absolute atomic E-state index is 5.97. The summed E-state index contributed by atoms with van der Waals surface area (Å²) >= 11 is 0. The van der Waals surface area contributed by atoms with Crippen molar-refractivity contribution >= 4 is 0 Å². The van der Waals surface area contributed by atoms with Gasteiger partial charge in [0.25, 0.3) is 0 Å². The monoisotopic (exact) mass is 240 g/mol. The number of hydrogen-bond acceptors (Lipinski definition) is 3. The second-order valence-corrected chi connectivity index (χ2v) is 5.63. The Hall–Kier alpha value is -0.120. The van der Waals surface area contributed by atoms with Crippen LogP contribution in [-0.2, 0) is 4.74 Å². The molecule has 2 N–H and O–H groups in total. The molecule has 0 spiro atoms. The van der Waals surface area contributed by atoms with E-state index >= 15 is 0 Å². The first-order valence-corrected chi connectivity index (χ1v) is 7.43. The molecule has 0 aromatic heterocycles. The molecule has 2 saturated heterocycles. The van der Waals surface area contributed by atoms with Crippen molar-refractivity contribution in [1.29, 1.82) is 0 Å². The Labute approximate surface area is 106 Å². The topological polar surface area (TPSA) is 38.5 Å². The van der Waals surface area contributed by atoms with E-state index < -0.39 is 0 Å². The number of hydrogen-bond donors (Lipinski definition) is 1. The molecule has 0 radical (unpaired) electrons. The lowest BCUT2D eigenvalue weighted by Gasteiger charge is -2.37. The van der Waals surface area contributed by atoms with E-state index in [0.29, 0.717) is 18.8 Å². The average Bonchev–Trinajstić information content (AvgIpc) is 2.80. The molecule has 0 amide bonds. The predicted octanol–water partition coefficient (Wildman–Crippen LogP) is 2.15. The number of piperidine rings is 1. The third-order valence-electron chi connectivity index (χ3n) is 4.27. The van der Waals surface area contributed by atoms with Crippen LogP contribution in [0.5, 0.6) is 0 Å². The highest BCUT2D eigenvalue weighted by atomic mass is 16.5. The summed E-state index contributed by atoms with van der Waals surface area (Å²) in [6.45, 7) is 5.40. The molecule has 3 nitrogen and oxygen atoms in total. The Balaban J connectivity index is 1.79. The zero-order chi connectivity index (χ0) is 12.1. The molecule has 0 bridgehead atoms. The van der Waals surface area contributed by atoms with Gasteiger partial charge >= 0.3 is 0 Å². The molecule has 3 heteroatoms. The van der Waals surface area contributed by atoms with Gasteiger partial charge in [0, 0.05) is 19.1 Å². The number of likely N-dealkylation sites (tertiary alicyclic amines) is 1. The van der Waals surface area contributed by atoms with Crippen molar-refractivity contribution in [3.8, 4) is 0 Å². The van der Waals surface area contributed by atoms with Crippen LogP contribution in [0.25, 0.3) is 0 Å². The molecule has 2 fully saturated rings. The van der Waals surface area contributed by atoms with Crippen molar-refractivity contribution in [3.05, 3.63) is 0 Å². The van der Waals surface area contributed by atoms with Gasteiger partial charge in [0.05, 0.1) is 12.2 Å². The fourth-order valence-electron chi connectivity index (χ4n) is 3.31. The summed E-state index contributed by atoms with van der Waals surface area (Å²) in [5, 5.41) is 0. The van der Waals surface area contributed by atoms with E-state index in [4.69, 9.17) is 10.5 Å². The van der Waals surface area contributed by atoms with Gasteiger partial charge in [0.15, 0.2) is 0 Å². The highest BCUT2D eigenvalue weighted by Gasteiger charge is 2.29. The van der Waals surface area contributed by atoms with Gasteiger partial charge < -0.3 is 10.5 Å². The average molecular weight is 240 g/mol. The zero-order valence-electron chi connectivity index (χ0n) is 11.2. The molecule has 3 atom stereocenters. The minimum Gasteiger partial charge on any atom is -0.372 e. The molecule has 0 aromatic rings. The van der Waals surface area contributed by atoms with Gasteiger partial charge in [-0.2, -0.15) is 0 Å². The summed E-state index contributed by atoms with van der Waals surface area (Å²) in [4.78, 5) is 2.68. The van der Waals surface area contributed by atoms with E-state index in [1.54, 1.807) is 0 Å². The van der Waals surface area contributed by atoms with Gasteiger partial charge in [-0.15, -0.1) is 0 Å². The van der Waals surface area contributed by atoms with Gasteiger partial charge in [-0.1, -0.05) is 19.8 Å². The lowest BCUT2D eigenvalue weighted by molar-refractivity contribution is 0.00897. The van der Waals surface area contributed by atoms with Crippen LogP contribution < -0.4 is 5.73 Å². The number of nitrogens with two attached hydrogens (primary N) is 1. The van der Waals surface area contributed by atoms with Crippen LogP contribution in [0.3, 0.4) is 0 Å². The summed E-state index contributed by atoms with van der Waals surface area (Å²) in [5.74, 6) is 0. The number of nitrogens with zero attached hydrogens (tertiary/aromatic N) is 1. The third kappa shape index (κ3) is 3.67. The van der Waals surface area contributed by atoms with Gasteiger partial charge in [0.1, 0.15) is 0 Å². The number of ether oxygens (including phenoxy) is 1. The second-order valence-electron chi connectivity index (χ2n) is 5.63. The van der Waals surface area contributed by atoms with Crippen LogP contribution in [0.1, 0.15) is 51.9 Å². The molecule has 2 rings (SSSR count). The van der Waals surface area contributed by atoms with E-state index in [1.165, 1.54) is 45.1 Å². The van der Waals surface area contributed by atoms with Gasteiger partial charge in [-0.3, -0.25) is 4.90 Å². The van der Waals surface area contributed by atoms with Crippen LogP contribution >= 0.6 is 0 Å². The summed E-state index contributed by atoms with van der Waals surface area (Å²) in [7, 11) is 0. The molecule has 3 unspecified atom stereocenters. The van der Waals surface area contributed by atoms with Crippen molar-refractivity contribution in [2.75, 3.05) is 19.6 Å². The van der Waals surface area contributed by atoms with Crippen molar-refractivity contribution in [1.82, 2.24) is 4.90 Å². The Bertz CT molecular complexity index is 220. The van der Waals surface area contributed by atoms with Crippen LogP contribution in [0, 0.1) is 0 Å². The molecular formula is C14H28N2O. The Morgan fingerprint density at radius 2 is 2.00 bits per heavy atom. The van der Waals surface area contributed by atoms with E-state index in [2.05, 4.69) is 11.8 Å². The molecule has 0 aromatic carbocycles. The summed E-state index contributed by atoms with van der Waals surface area (Å²) in [6, 6.07) is 0.814. The molecule has 2 aliphatic heterocycles. The number of rotatable bonds is 5. The van der Waals surface area contributed by atoms with E-state index in [9.17, 15) is 0 Å². The fraction of sp³-hybridized carbons (Fsp3) is 1.00. The predicted molar refractivity (Wildman–Crippen MR) is 71.1 cm³/mol. The van der Waals surface area contributed by atoms with Crippen molar-refractivity contribution < 1.29 is 4.74 Å². The maximum Gasteiger partial charge on any atom is 0.0707 e. The molecule has 2 aliphatic rings. The van der Waals surface area contributed by atoms with Gasteiger partial charge in [-0.05, 0) is 38.6 Å². The zero-order valence-corrected chi connectivity index (χ0v) is 11.2. The fourth-order valence-corrected chi connectivity index (χ4v) is 3.31. The Morgan fingerprint density at radius 3 is 2.71 bits per heavy atom. The largest absolute Gasteiger partial charge is 0.372 e. The molecule has 0 saturated carbocycles. The van der Waals surface area contributed by atoms with Crippen LogP contribution in [0.2, 0.25) is 0 Å². The van der Waals surface area contributed by atoms with Gasteiger partial charge in [-0.25, -0.2) is 0 Å². The minimum absolute atomic E-state index is 0.328. The second kappa shape index (κ2) is 6.72. The quantitative estimate of drug-likeness (QED) is 0.800. The normalized spacial score (nSPS) is 35.3. The van der Waals surface area contributed by atoms with E-state index in [-0.39, 0.29) is 0 Å². The lowest BCUT2D eigenvalue weighted by Crippen LogP contribution is -2.43. The van der Waals surface area contributed by atoms with Crippen molar-refractivity contribution in [2.45, 2.75) is 70.1 Å². The standard InChI is InChI=1S/C14H28N2O/c1-2-5-12-6-3-4-9-16(12)11-14-8-7-13(10-15)17-14/h12-14H,2-11,15H2,1H3. The smallest absolute Gasteiger partial charge is 0.0707 e. The highest BCUT2D eigenvalue weighted by molar-refractivity contribution is 4.82. The Kier molecular flexibility index (Phi) is 5.26. The van der Waals surface area contributed by atoms with Crippen molar-refractivity contribution in [2.24, 2.45) is 5.73 Å². The minimum atomic E-state index is 0.328. The van der Waals surface area contributed by atoms with Gasteiger partial charge in [0.2, 0.25) is 0 Å². The SMILES string of the molecule is CCCC1CCCCN1CC1CCC(CN)O1. The molecule has 2 heterocycles. The first-order chi connectivity index (χ1) is 8.33. The highest BCUT2D eigenvalue weighted by Crippen LogP contribution is 2.25. The molecule has 17 heavy (non-hydrogen) atoms. The maximum atomic E-state index is 5.97. The summed E-state index contributed by atoms with van der Waals surface area (Å²) < 4.78 is 5.97. The first-order valence-electron chi connectivity index (χ1n) is 7.43. The molecule has 100 valence electrons. The van der Waals surface area contributed by atoms with E-state index in [1.807, 2.05) is 0 Å². The van der Waals surface area contributed by atoms with Crippen LogP contribution in [0.15, 0.2) is 0 Å². The Morgan fingerprint density at radius 1 is 1.18 bits per heavy atom. The van der Waals surface area contributed by atoms with Crippen molar-refractivity contribution in [3.63, 3.8) is 0 Å². The first kappa shape index (κ1) is 13.3. The molecule has 0 aliphatic carbocycles. The summed E-state index contributed by atoms with van der Waals surface area (Å²) in [5.41, 5.74) is 5.67. The van der Waals surface area contributed by atoms with E-state index in [0.717, 1.165) is 19.0 Å².